The Kier molecular flexibility index (Phi) is 3.61. The minimum atomic E-state index is 0.579. The highest BCUT2D eigenvalue weighted by molar-refractivity contribution is 5.68. The first-order valence-corrected chi connectivity index (χ1v) is 6.77. The van der Waals surface area contributed by atoms with Crippen LogP contribution in [0.25, 0.3) is 22.5 Å². The van der Waals surface area contributed by atoms with Gasteiger partial charge in [-0.1, -0.05) is 60.7 Å². The Balaban J connectivity index is 2.08. The minimum Gasteiger partial charge on any atom is -0.329 e. The van der Waals surface area contributed by atoms with E-state index in [9.17, 15) is 0 Å². The van der Waals surface area contributed by atoms with Gasteiger partial charge in [-0.05, 0) is 11.6 Å². The predicted molar refractivity (Wildman–Crippen MR) is 82.2 cm³/mol. The van der Waals surface area contributed by atoms with Gasteiger partial charge in [-0.3, -0.25) is 4.68 Å². The van der Waals surface area contributed by atoms with E-state index in [2.05, 4.69) is 35.4 Å². The monoisotopic (exact) mass is 263 g/mol. The summed E-state index contributed by atoms with van der Waals surface area (Å²) in [5.74, 6) is 0. The molecular weight excluding hydrogens is 246 g/mol. The molecule has 2 N–H and O–H groups in total. The van der Waals surface area contributed by atoms with Crippen molar-refractivity contribution >= 4 is 0 Å². The van der Waals surface area contributed by atoms with Crippen LogP contribution >= 0.6 is 0 Å². The molecule has 3 heteroatoms. The maximum atomic E-state index is 5.69. The van der Waals surface area contributed by atoms with Crippen LogP contribution in [0.2, 0.25) is 0 Å². The quantitative estimate of drug-likeness (QED) is 0.785. The highest BCUT2D eigenvalue weighted by Crippen LogP contribution is 2.25. The number of benzene rings is 2. The molecule has 2 aromatic carbocycles. The topological polar surface area (TPSA) is 43.8 Å². The van der Waals surface area contributed by atoms with Crippen LogP contribution in [0.15, 0.2) is 66.7 Å². The average molecular weight is 263 g/mol. The maximum Gasteiger partial charge on any atom is 0.0929 e. The lowest BCUT2D eigenvalue weighted by Gasteiger charge is -2.05. The molecule has 0 amide bonds. The molecule has 0 saturated heterocycles. The van der Waals surface area contributed by atoms with Crippen molar-refractivity contribution < 1.29 is 0 Å². The average Bonchev–Trinajstić information content (AvgIpc) is 2.94. The van der Waals surface area contributed by atoms with Crippen molar-refractivity contribution in [3.05, 3.63) is 66.7 Å². The molecule has 0 bridgehead atoms. The van der Waals surface area contributed by atoms with Crippen molar-refractivity contribution in [1.29, 1.82) is 0 Å². The molecule has 0 atom stereocenters. The van der Waals surface area contributed by atoms with Crippen molar-refractivity contribution in [3.8, 4) is 22.5 Å². The molecule has 0 fully saturated rings. The van der Waals surface area contributed by atoms with Gasteiger partial charge >= 0.3 is 0 Å². The largest absolute Gasteiger partial charge is 0.329 e. The zero-order valence-corrected chi connectivity index (χ0v) is 11.2. The molecule has 0 aliphatic carbocycles. The lowest BCUT2D eigenvalue weighted by molar-refractivity contribution is 0.633. The Bertz CT molecular complexity index is 672. The molecule has 0 radical (unpaired) electrons. The number of aromatic nitrogens is 2. The molecule has 20 heavy (non-hydrogen) atoms. The molecule has 1 heterocycles. The third kappa shape index (κ3) is 2.49. The summed E-state index contributed by atoms with van der Waals surface area (Å²) < 4.78 is 1.98. The fourth-order valence-corrected chi connectivity index (χ4v) is 2.30. The van der Waals surface area contributed by atoms with Gasteiger partial charge in [0.15, 0.2) is 0 Å². The summed E-state index contributed by atoms with van der Waals surface area (Å²) in [4.78, 5) is 0. The molecule has 100 valence electrons. The lowest BCUT2D eigenvalue weighted by Crippen LogP contribution is -2.12. The van der Waals surface area contributed by atoms with Crippen molar-refractivity contribution in [1.82, 2.24) is 9.78 Å². The fourth-order valence-electron chi connectivity index (χ4n) is 2.30. The van der Waals surface area contributed by atoms with E-state index in [-0.39, 0.29) is 0 Å². The van der Waals surface area contributed by atoms with Crippen LogP contribution in [0.3, 0.4) is 0 Å². The highest BCUT2D eigenvalue weighted by atomic mass is 15.3. The molecule has 0 unspecified atom stereocenters. The lowest BCUT2D eigenvalue weighted by atomic mass is 10.1. The summed E-state index contributed by atoms with van der Waals surface area (Å²) in [6.45, 7) is 1.30. The Morgan fingerprint density at radius 3 is 2.05 bits per heavy atom. The zero-order valence-electron chi connectivity index (χ0n) is 11.2. The first-order valence-electron chi connectivity index (χ1n) is 6.77. The van der Waals surface area contributed by atoms with Crippen LogP contribution in [0.1, 0.15) is 0 Å². The van der Waals surface area contributed by atoms with E-state index in [0.717, 1.165) is 29.1 Å². The van der Waals surface area contributed by atoms with Crippen molar-refractivity contribution in [2.24, 2.45) is 5.73 Å². The minimum absolute atomic E-state index is 0.579. The summed E-state index contributed by atoms with van der Waals surface area (Å²) in [5, 5.41) is 4.68. The van der Waals surface area contributed by atoms with Crippen LogP contribution in [-0.2, 0) is 6.54 Å². The van der Waals surface area contributed by atoms with Gasteiger partial charge in [0.1, 0.15) is 0 Å². The molecule has 0 spiro atoms. The van der Waals surface area contributed by atoms with Gasteiger partial charge in [0.05, 0.1) is 17.9 Å². The van der Waals surface area contributed by atoms with Gasteiger partial charge < -0.3 is 5.73 Å². The fraction of sp³-hybridized carbons (Fsp3) is 0.118. The summed E-state index contributed by atoms with van der Waals surface area (Å²) in [7, 11) is 0. The second-order valence-corrected chi connectivity index (χ2v) is 4.66. The number of nitrogens with two attached hydrogens (primary N) is 1. The first kappa shape index (κ1) is 12.6. The predicted octanol–water partition coefficient (Wildman–Crippen LogP) is 3.18. The smallest absolute Gasteiger partial charge is 0.0929 e. The van der Waals surface area contributed by atoms with E-state index >= 15 is 0 Å². The van der Waals surface area contributed by atoms with Gasteiger partial charge in [0.2, 0.25) is 0 Å². The number of rotatable bonds is 4. The highest BCUT2D eigenvalue weighted by Gasteiger charge is 2.10. The standard InChI is InChI=1S/C17H17N3/c18-11-12-20-17(15-9-5-2-6-10-15)13-16(19-20)14-7-3-1-4-8-14/h1-10,13H,11-12,18H2. The molecule has 3 nitrogen and oxygen atoms in total. The Morgan fingerprint density at radius 2 is 1.45 bits per heavy atom. The zero-order chi connectivity index (χ0) is 13.8. The van der Waals surface area contributed by atoms with E-state index in [4.69, 9.17) is 5.73 Å². The van der Waals surface area contributed by atoms with Gasteiger partial charge in [-0.25, -0.2) is 0 Å². The first-order chi connectivity index (χ1) is 9.88. The van der Waals surface area contributed by atoms with E-state index in [1.54, 1.807) is 0 Å². The van der Waals surface area contributed by atoms with Crippen LogP contribution in [0.5, 0.6) is 0 Å². The summed E-state index contributed by atoms with van der Waals surface area (Å²) in [6, 6.07) is 22.6. The second kappa shape index (κ2) is 5.72. The maximum absolute atomic E-state index is 5.69. The molecule has 0 saturated carbocycles. The van der Waals surface area contributed by atoms with Crippen LogP contribution in [0, 0.1) is 0 Å². The van der Waals surface area contributed by atoms with Gasteiger partial charge in [0.25, 0.3) is 0 Å². The molecular formula is C17H17N3. The van der Waals surface area contributed by atoms with Crippen molar-refractivity contribution in [2.45, 2.75) is 6.54 Å². The molecule has 0 aliphatic heterocycles. The Labute approximate surface area is 118 Å². The number of hydrogen-bond donors (Lipinski definition) is 1. The van der Waals surface area contributed by atoms with Crippen molar-refractivity contribution in [2.75, 3.05) is 6.54 Å². The third-order valence-electron chi connectivity index (χ3n) is 3.26. The van der Waals surface area contributed by atoms with Crippen LogP contribution in [0.4, 0.5) is 0 Å². The molecule has 3 aromatic rings. The summed E-state index contributed by atoms with van der Waals surface area (Å²) >= 11 is 0. The third-order valence-corrected chi connectivity index (χ3v) is 3.26. The molecule has 0 aliphatic rings. The summed E-state index contributed by atoms with van der Waals surface area (Å²) in [5.41, 5.74) is 10.1. The molecule has 1 aromatic heterocycles. The SMILES string of the molecule is NCCn1nc(-c2ccccc2)cc1-c1ccccc1. The van der Waals surface area contributed by atoms with Gasteiger partial charge in [-0.15, -0.1) is 0 Å². The van der Waals surface area contributed by atoms with Gasteiger partial charge in [-0.2, -0.15) is 5.10 Å². The number of hydrogen-bond acceptors (Lipinski definition) is 2. The normalized spacial score (nSPS) is 10.7. The Morgan fingerprint density at radius 1 is 0.850 bits per heavy atom. The van der Waals surface area contributed by atoms with Crippen molar-refractivity contribution in [3.63, 3.8) is 0 Å². The second-order valence-electron chi connectivity index (χ2n) is 4.66. The van der Waals surface area contributed by atoms with E-state index in [1.165, 1.54) is 0 Å². The van der Waals surface area contributed by atoms with E-state index in [0.29, 0.717) is 6.54 Å². The summed E-state index contributed by atoms with van der Waals surface area (Å²) in [6.07, 6.45) is 0. The molecule has 3 rings (SSSR count). The van der Waals surface area contributed by atoms with E-state index in [1.807, 2.05) is 41.1 Å². The van der Waals surface area contributed by atoms with Crippen LogP contribution < -0.4 is 5.73 Å². The van der Waals surface area contributed by atoms with Gasteiger partial charge in [0, 0.05) is 12.1 Å². The number of nitrogens with zero attached hydrogens (tertiary/aromatic N) is 2. The Hall–Kier alpha value is -2.39. The van der Waals surface area contributed by atoms with Crippen LogP contribution in [-0.4, -0.2) is 16.3 Å². The van der Waals surface area contributed by atoms with E-state index < -0.39 is 0 Å².